The highest BCUT2D eigenvalue weighted by Crippen LogP contribution is 2.25. The second-order valence-corrected chi connectivity index (χ2v) is 9.67. The van der Waals surface area contributed by atoms with Gasteiger partial charge in [0.05, 0.1) is 11.5 Å². The van der Waals surface area contributed by atoms with Crippen molar-refractivity contribution in [1.82, 2.24) is 10.2 Å². The second-order valence-electron chi connectivity index (χ2n) is 7.44. The summed E-state index contributed by atoms with van der Waals surface area (Å²) in [6.07, 6.45) is 0.433. The lowest BCUT2D eigenvalue weighted by Crippen LogP contribution is -2.52. The van der Waals surface area contributed by atoms with E-state index in [0.29, 0.717) is 19.5 Å². The van der Waals surface area contributed by atoms with Crippen LogP contribution in [0.25, 0.3) is 0 Å². The molecule has 0 aromatic heterocycles. The molecule has 2 amide bonds. The van der Waals surface area contributed by atoms with Gasteiger partial charge in [-0.3, -0.25) is 9.59 Å². The fraction of sp³-hybridized carbons (Fsp3) is 0.579. The largest absolute Gasteiger partial charge is 0.351 e. The van der Waals surface area contributed by atoms with Crippen LogP contribution >= 0.6 is 0 Å². The van der Waals surface area contributed by atoms with Crippen molar-refractivity contribution in [2.24, 2.45) is 5.41 Å². The number of nitrogens with one attached hydrogen (secondary N) is 1. The summed E-state index contributed by atoms with van der Waals surface area (Å²) in [7, 11) is -3.09. The summed E-state index contributed by atoms with van der Waals surface area (Å²) in [6.45, 7) is 7.70. The van der Waals surface area contributed by atoms with Crippen LogP contribution in [-0.2, 0) is 26.0 Å². The molecule has 1 fully saturated rings. The molecule has 1 atom stereocenters. The highest BCUT2D eigenvalue weighted by atomic mass is 32.2. The van der Waals surface area contributed by atoms with Gasteiger partial charge < -0.3 is 10.2 Å². The third-order valence-corrected chi connectivity index (χ3v) is 6.64. The van der Waals surface area contributed by atoms with Gasteiger partial charge in [-0.1, -0.05) is 29.8 Å². The molecule has 1 aromatic carbocycles. The number of carbonyl (C=O) groups excluding carboxylic acids is 2. The summed E-state index contributed by atoms with van der Waals surface area (Å²) in [5, 5.41) is 2.83. The quantitative estimate of drug-likeness (QED) is 0.761. The molecule has 1 saturated heterocycles. The molecular weight excluding hydrogens is 352 g/mol. The molecule has 144 valence electrons. The predicted octanol–water partition coefficient (Wildman–Crippen LogP) is 1.67. The van der Waals surface area contributed by atoms with Crippen LogP contribution in [0.5, 0.6) is 0 Å². The zero-order chi connectivity index (χ0) is 19.5. The lowest BCUT2D eigenvalue weighted by Gasteiger charge is -2.34. The fourth-order valence-electron chi connectivity index (χ4n) is 3.27. The third-order valence-electron chi connectivity index (χ3n) is 4.89. The van der Waals surface area contributed by atoms with Gasteiger partial charge in [0.25, 0.3) is 0 Å². The normalized spacial score (nSPS) is 19.2. The van der Waals surface area contributed by atoms with E-state index in [1.807, 2.05) is 38.1 Å². The first-order chi connectivity index (χ1) is 12.1. The van der Waals surface area contributed by atoms with E-state index in [1.165, 1.54) is 4.90 Å². The van der Waals surface area contributed by atoms with Crippen LogP contribution in [0.4, 0.5) is 0 Å². The van der Waals surface area contributed by atoms with Crippen molar-refractivity contribution in [1.29, 1.82) is 0 Å². The van der Waals surface area contributed by atoms with Crippen molar-refractivity contribution < 1.29 is 18.0 Å². The average Bonchev–Trinajstić information content (AvgIpc) is 2.93. The summed E-state index contributed by atoms with van der Waals surface area (Å²) < 4.78 is 23.5. The number of amides is 2. The van der Waals surface area contributed by atoms with Crippen LogP contribution < -0.4 is 5.32 Å². The number of hydrogen-bond donors (Lipinski definition) is 1. The first-order valence-corrected chi connectivity index (χ1v) is 10.7. The topological polar surface area (TPSA) is 83.6 Å². The van der Waals surface area contributed by atoms with Crippen molar-refractivity contribution >= 4 is 21.7 Å². The minimum atomic E-state index is -3.09. The Kier molecular flexibility index (Phi) is 6.11. The summed E-state index contributed by atoms with van der Waals surface area (Å²) in [5.74, 6) is -0.609. The smallest absolute Gasteiger partial charge is 0.237 e. The Morgan fingerprint density at radius 2 is 2.00 bits per heavy atom. The Labute approximate surface area is 155 Å². The maximum absolute atomic E-state index is 13.0. The first kappa shape index (κ1) is 20.4. The van der Waals surface area contributed by atoms with Gasteiger partial charge in [0, 0.05) is 19.1 Å². The summed E-state index contributed by atoms with van der Waals surface area (Å²) in [6, 6.07) is 7.46. The summed E-state index contributed by atoms with van der Waals surface area (Å²) in [4.78, 5) is 27.2. The van der Waals surface area contributed by atoms with Gasteiger partial charge in [0.2, 0.25) is 11.8 Å². The standard InChI is InChI=1S/C19H28N2O4S/c1-5-21(16-9-10-26(24,25)13-16)18(23)19(3,4)17(22)20-12-15-8-6-7-14(2)11-15/h6-8,11,16H,5,9-10,12-13H2,1-4H3,(H,20,22). The SMILES string of the molecule is CCN(C(=O)C(C)(C)C(=O)NCc1cccc(C)c1)C1CCS(=O)(=O)C1. The predicted molar refractivity (Wildman–Crippen MR) is 101 cm³/mol. The van der Waals surface area contributed by atoms with Gasteiger partial charge in [0.15, 0.2) is 9.84 Å². The second kappa shape index (κ2) is 7.78. The highest BCUT2D eigenvalue weighted by Gasteiger charge is 2.43. The molecule has 1 aliphatic heterocycles. The minimum absolute atomic E-state index is 0.0203. The van der Waals surface area contributed by atoms with Crippen molar-refractivity contribution in [2.75, 3.05) is 18.1 Å². The number of sulfone groups is 1. The fourth-order valence-corrected chi connectivity index (χ4v) is 5.00. The maximum Gasteiger partial charge on any atom is 0.237 e. The van der Waals surface area contributed by atoms with Crippen LogP contribution in [0.1, 0.15) is 38.3 Å². The summed E-state index contributed by atoms with van der Waals surface area (Å²) in [5.41, 5.74) is 0.814. The maximum atomic E-state index is 13.0. The van der Waals surface area contributed by atoms with Crippen LogP contribution in [-0.4, -0.2) is 49.2 Å². The molecule has 0 aliphatic carbocycles. The molecule has 1 heterocycles. The van der Waals surface area contributed by atoms with E-state index in [9.17, 15) is 18.0 Å². The van der Waals surface area contributed by atoms with Crippen molar-refractivity contribution in [2.45, 2.75) is 46.7 Å². The lowest BCUT2D eigenvalue weighted by atomic mass is 9.89. The van der Waals surface area contributed by atoms with Crippen molar-refractivity contribution in [3.63, 3.8) is 0 Å². The number of carbonyl (C=O) groups is 2. The lowest BCUT2D eigenvalue weighted by molar-refractivity contribution is -0.149. The molecule has 0 spiro atoms. The van der Waals surface area contributed by atoms with Crippen LogP contribution in [0.2, 0.25) is 0 Å². The molecule has 1 aliphatic rings. The summed E-state index contributed by atoms with van der Waals surface area (Å²) >= 11 is 0. The molecule has 0 radical (unpaired) electrons. The Bertz CT molecular complexity index is 786. The molecule has 7 heteroatoms. The van der Waals surface area contributed by atoms with Gasteiger partial charge in [-0.2, -0.15) is 0 Å². The molecule has 1 N–H and O–H groups in total. The first-order valence-electron chi connectivity index (χ1n) is 8.92. The molecule has 1 unspecified atom stereocenters. The number of hydrogen-bond acceptors (Lipinski definition) is 4. The Balaban J connectivity index is 2.06. The van der Waals surface area contributed by atoms with Gasteiger partial charge >= 0.3 is 0 Å². The van der Waals surface area contributed by atoms with E-state index in [4.69, 9.17) is 0 Å². The molecule has 0 bridgehead atoms. The van der Waals surface area contributed by atoms with E-state index < -0.39 is 15.3 Å². The number of aryl methyl sites for hydroxylation is 1. The number of nitrogens with zero attached hydrogens (tertiary/aromatic N) is 1. The molecular formula is C19H28N2O4S. The number of rotatable bonds is 6. The van der Waals surface area contributed by atoms with Crippen LogP contribution in [0.15, 0.2) is 24.3 Å². The van der Waals surface area contributed by atoms with Crippen molar-refractivity contribution in [3.8, 4) is 0 Å². The molecule has 6 nitrogen and oxygen atoms in total. The van der Waals surface area contributed by atoms with Crippen LogP contribution in [0, 0.1) is 12.3 Å². The van der Waals surface area contributed by atoms with E-state index >= 15 is 0 Å². The van der Waals surface area contributed by atoms with Gasteiger partial charge in [-0.15, -0.1) is 0 Å². The Hall–Kier alpha value is -1.89. The molecule has 26 heavy (non-hydrogen) atoms. The number of benzene rings is 1. The Morgan fingerprint density at radius 1 is 1.31 bits per heavy atom. The molecule has 2 rings (SSSR count). The van der Waals surface area contributed by atoms with E-state index in [2.05, 4.69) is 5.32 Å². The zero-order valence-corrected chi connectivity index (χ0v) is 16.7. The van der Waals surface area contributed by atoms with Gasteiger partial charge in [-0.25, -0.2) is 8.42 Å². The zero-order valence-electron chi connectivity index (χ0n) is 15.9. The van der Waals surface area contributed by atoms with Gasteiger partial charge in [-0.05, 0) is 39.7 Å². The van der Waals surface area contributed by atoms with Crippen LogP contribution in [0.3, 0.4) is 0 Å². The molecule has 0 saturated carbocycles. The minimum Gasteiger partial charge on any atom is -0.351 e. The highest BCUT2D eigenvalue weighted by molar-refractivity contribution is 7.91. The Morgan fingerprint density at radius 3 is 2.54 bits per heavy atom. The van der Waals surface area contributed by atoms with E-state index in [-0.39, 0.29) is 29.4 Å². The monoisotopic (exact) mass is 380 g/mol. The van der Waals surface area contributed by atoms with Crippen molar-refractivity contribution in [3.05, 3.63) is 35.4 Å². The molecule has 1 aromatic rings. The third kappa shape index (κ3) is 4.63. The van der Waals surface area contributed by atoms with E-state index in [1.54, 1.807) is 13.8 Å². The van der Waals surface area contributed by atoms with E-state index in [0.717, 1.165) is 11.1 Å². The van der Waals surface area contributed by atoms with Gasteiger partial charge in [0.1, 0.15) is 5.41 Å². The average molecular weight is 381 g/mol.